The number of carboxylic acids is 1. The van der Waals surface area contributed by atoms with Crippen molar-refractivity contribution in [2.24, 2.45) is 0 Å². The molecule has 1 unspecified atom stereocenters. The Kier molecular flexibility index (Phi) is 13.6. The van der Waals surface area contributed by atoms with Gasteiger partial charge < -0.3 is 15.7 Å². The third-order valence-electron chi connectivity index (χ3n) is 6.70. The largest absolute Gasteiger partial charge is 0.480 e. The van der Waals surface area contributed by atoms with Crippen LogP contribution in [0.4, 0.5) is 0 Å². The van der Waals surface area contributed by atoms with Crippen LogP contribution in [-0.2, 0) is 14.4 Å². The maximum absolute atomic E-state index is 12.9. The number of carbonyl (C=O) groups is 4. The minimum atomic E-state index is -1.10. The molecule has 2 rings (SSSR count). The number of amides is 2. The summed E-state index contributed by atoms with van der Waals surface area (Å²) >= 11 is 0. The van der Waals surface area contributed by atoms with Crippen LogP contribution >= 0.6 is 0 Å². The Morgan fingerprint density at radius 2 is 1.68 bits per heavy atom. The highest BCUT2D eigenvalue weighted by Crippen LogP contribution is 2.25. The molecule has 0 spiro atoms. The van der Waals surface area contributed by atoms with Crippen LogP contribution in [0.15, 0.2) is 41.5 Å². The van der Waals surface area contributed by atoms with E-state index in [2.05, 4.69) is 29.4 Å². The molecular formula is C29H43N3O5. The molecule has 3 N–H and O–H groups in total. The maximum Gasteiger partial charge on any atom is 0.326 e. The molecular weight excluding hydrogens is 470 g/mol. The number of carboxylic acid groups (broad SMARTS) is 1. The first-order chi connectivity index (χ1) is 17.8. The fraction of sp³-hybridized carbons (Fsp3) is 0.586. The Morgan fingerprint density at radius 3 is 2.35 bits per heavy atom. The molecule has 1 aliphatic heterocycles. The molecule has 0 saturated heterocycles. The fourth-order valence-electron chi connectivity index (χ4n) is 4.60. The van der Waals surface area contributed by atoms with Gasteiger partial charge in [0.2, 0.25) is 5.91 Å². The van der Waals surface area contributed by atoms with Gasteiger partial charge in [-0.15, -0.1) is 0 Å². The van der Waals surface area contributed by atoms with Crippen LogP contribution in [-0.4, -0.2) is 65.8 Å². The van der Waals surface area contributed by atoms with Gasteiger partial charge in [0.25, 0.3) is 5.91 Å². The summed E-state index contributed by atoms with van der Waals surface area (Å²) in [6.07, 6.45) is 9.01. The van der Waals surface area contributed by atoms with Gasteiger partial charge in [-0.1, -0.05) is 51.3 Å². The van der Waals surface area contributed by atoms with E-state index < -0.39 is 17.9 Å². The molecule has 0 radical (unpaired) electrons. The Bertz CT molecular complexity index is 929. The lowest BCUT2D eigenvalue weighted by molar-refractivity contribution is -0.141. The number of rotatable bonds is 17. The van der Waals surface area contributed by atoms with Crippen molar-refractivity contribution in [3.8, 4) is 0 Å². The summed E-state index contributed by atoms with van der Waals surface area (Å²) in [7, 11) is 0. The molecule has 204 valence electrons. The lowest BCUT2D eigenvalue weighted by Crippen LogP contribution is -2.45. The third-order valence-corrected chi connectivity index (χ3v) is 6.70. The van der Waals surface area contributed by atoms with E-state index in [0.717, 1.165) is 70.0 Å². The van der Waals surface area contributed by atoms with E-state index >= 15 is 0 Å². The normalized spacial score (nSPS) is 14.9. The van der Waals surface area contributed by atoms with Gasteiger partial charge in [-0.2, -0.15) is 0 Å². The monoisotopic (exact) mass is 513 g/mol. The number of benzene rings is 1. The predicted molar refractivity (Wildman–Crippen MR) is 144 cm³/mol. The summed E-state index contributed by atoms with van der Waals surface area (Å²) in [5.74, 6) is -1.79. The number of hydrogen-bond acceptors (Lipinski definition) is 5. The van der Waals surface area contributed by atoms with Gasteiger partial charge >= 0.3 is 5.97 Å². The van der Waals surface area contributed by atoms with Gasteiger partial charge in [-0.25, -0.2) is 4.79 Å². The van der Waals surface area contributed by atoms with E-state index in [1.807, 2.05) is 0 Å². The number of unbranched alkanes of at least 4 members (excludes halogenated alkanes) is 4. The van der Waals surface area contributed by atoms with Crippen LogP contribution in [0, 0.1) is 0 Å². The average Bonchev–Trinajstić information content (AvgIpc) is 2.89. The molecule has 1 aromatic carbocycles. The van der Waals surface area contributed by atoms with E-state index in [-0.39, 0.29) is 24.7 Å². The Balaban J connectivity index is 1.79. The molecule has 1 aliphatic rings. The van der Waals surface area contributed by atoms with Crippen molar-refractivity contribution in [1.82, 2.24) is 15.5 Å². The second-order valence-corrected chi connectivity index (χ2v) is 9.78. The second kappa shape index (κ2) is 16.7. The molecule has 0 bridgehead atoms. The number of nitrogens with zero attached hydrogens (tertiary/aromatic N) is 1. The molecule has 0 aliphatic carbocycles. The lowest BCUT2D eigenvalue weighted by Gasteiger charge is -2.30. The molecule has 8 heteroatoms. The zero-order chi connectivity index (χ0) is 27.0. The number of nitrogens with one attached hydrogen (secondary N) is 2. The van der Waals surface area contributed by atoms with Gasteiger partial charge in [0.15, 0.2) is 5.78 Å². The van der Waals surface area contributed by atoms with Crippen LogP contribution in [0.1, 0.15) is 88.4 Å². The van der Waals surface area contributed by atoms with Crippen LogP contribution in [0.25, 0.3) is 0 Å². The second-order valence-electron chi connectivity index (χ2n) is 9.78. The third kappa shape index (κ3) is 10.9. The fourth-order valence-corrected chi connectivity index (χ4v) is 4.60. The topological polar surface area (TPSA) is 116 Å². The van der Waals surface area contributed by atoms with Gasteiger partial charge in [0, 0.05) is 12.1 Å². The summed E-state index contributed by atoms with van der Waals surface area (Å²) in [6.45, 7) is 5.99. The highest BCUT2D eigenvalue weighted by Gasteiger charge is 2.25. The number of Topliss-reactive ketones (excluding diaryl/α,β-unsaturated/α-hetero) is 1. The molecule has 8 nitrogen and oxygen atoms in total. The van der Waals surface area contributed by atoms with Gasteiger partial charge in [0.1, 0.15) is 6.04 Å². The van der Waals surface area contributed by atoms with Crippen molar-refractivity contribution in [3.05, 3.63) is 47.0 Å². The summed E-state index contributed by atoms with van der Waals surface area (Å²) < 4.78 is 0. The minimum Gasteiger partial charge on any atom is -0.480 e. The molecule has 0 saturated carbocycles. The molecule has 0 fully saturated rings. The highest BCUT2D eigenvalue weighted by atomic mass is 16.4. The van der Waals surface area contributed by atoms with E-state index in [4.69, 9.17) is 0 Å². The van der Waals surface area contributed by atoms with E-state index in [1.54, 1.807) is 30.3 Å². The first kappa shape index (κ1) is 30.2. The number of hydrogen-bond donors (Lipinski definition) is 3. The summed E-state index contributed by atoms with van der Waals surface area (Å²) in [6, 6.07) is 7.50. The number of ketones is 1. The number of aliphatic carboxylic acids is 1. The Labute approximate surface area is 220 Å². The van der Waals surface area contributed by atoms with Gasteiger partial charge in [-0.05, 0) is 74.8 Å². The van der Waals surface area contributed by atoms with Crippen molar-refractivity contribution in [3.63, 3.8) is 0 Å². The Morgan fingerprint density at radius 1 is 0.946 bits per heavy atom. The molecule has 1 heterocycles. The molecule has 1 aromatic rings. The molecule has 37 heavy (non-hydrogen) atoms. The van der Waals surface area contributed by atoms with Crippen LogP contribution in [0.5, 0.6) is 0 Å². The zero-order valence-corrected chi connectivity index (χ0v) is 22.4. The molecule has 2 amide bonds. The van der Waals surface area contributed by atoms with E-state index in [0.29, 0.717) is 18.5 Å². The maximum atomic E-state index is 12.9. The van der Waals surface area contributed by atoms with Crippen molar-refractivity contribution >= 4 is 23.6 Å². The van der Waals surface area contributed by atoms with Crippen LogP contribution in [0.3, 0.4) is 0 Å². The molecule has 1 atom stereocenters. The van der Waals surface area contributed by atoms with Crippen molar-refractivity contribution in [2.75, 3.05) is 26.2 Å². The average molecular weight is 514 g/mol. The zero-order valence-electron chi connectivity index (χ0n) is 22.4. The highest BCUT2D eigenvalue weighted by molar-refractivity contribution is 5.98. The summed E-state index contributed by atoms with van der Waals surface area (Å²) in [5.41, 5.74) is 2.76. The van der Waals surface area contributed by atoms with Crippen LogP contribution in [0.2, 0.25) is 0 Å². The number of carbonyl (C=O) groups excluding carboxylic acids is 3. The first-order valence-electron chi connectivity index (χ1n) is 13.7. The van der Waals surface area contributed by atoms with Gasteiger partial charge in [-0.3, -0.25) is 19.3 Å². The van der Waals surface area contributed by atoms with E-state index in [9.17, 15) is 24.3 Å². The van der Waals surface area contributed by atoms with Crippen molar-refractivity contribution < 1.29 is 24.3 Å². The summed E-state index contributed by atoms with van der Waals surface area (Å²) in [5, 5.41) is 14.5. The standard InChI is InChI=1S/C29H43N3O5/c1-3-5-8-15-23-20-32(21-26(33)24(23)16-6-4-2)18-12-11-17-25(29(36)37)31-27(34)19-30-28(35)22-13-9-7-10-14-22/h7,9-10,13-14,25H,3-6,8,11-12,15-21H2,1-2H3,(H,30,35)(H,31,34)(H,36,37). The van der Waals surface area contributed by atoms with Gasteiger partial charge in [0.05, 0.1) is 13.1 Å². The van der Waals surface area contributed by atoms with E-state index in [1.165, 1.54) is 5.57 Å². The van der Waals surface area contributed by atoms with Crippen molar-refractivity contribution in [1.29, 1.82) is 0 Å². The SMILES string of the molecule is CCCCCC1=C(CCCC)C(=O)CN(CCCCC(NC(=O)CNC(=O)c2ccccc2)C(=O)O)C1. The van der Waals surface area contributed by atoms with Crippen molar-refractivity contribution in [2.45, 2.75) is 84.1 Å². The quantitative estimate of drug-likeness (QED) is 0.270. The van der Waals surface area contributed by atoms with Crippen LogP contribution < -0.4 is 10.6 Å². The Hall–Kier alpha value is -3.00. The smallest absolute Gasteiger partial charge is 0.326 e. The lowest BCUT2D eigenvalue weighted by atomic mass is 9.91. The minimum absolute atomic E-state index is 0.236. The molecule has 0 aromatic heterocycles. The summed E-state index contributed by atoms with van der Waals surface area (Å²) in [4.78, 5) is 51.0. The predicted octanol–water partition coefficient (Wildman–Crippen LogP) is 4.11. The first-order valence-corrected chi connectivity index (χ1v) is 13.7.